The molecule has 132 valence electrons. The number of ether oxygens (including phenoxy) is 2. The maximum Gasteiger partial charge on any atom is 0.244 e. The standard InChI is InChI=1S/C21H20N2O3/c1-25-19-11-10-15(12-20(19)26-2)13-21(24)23-22-14-17-8-5-7-16-6-3-4-9-18(16)17/h3-12,14H,13H2,1-2H3,(H,23,24)/b22-14+. The number of amides is 1. The average molecular weight is 348 g/mol. The van der Waals surface area contributed by atoms with Crippen LogP contribution in [0.2, 0.25) is 0 Å². The molecular formula is C21H20N2O3. The van der Waals surface area contributed by atoms with Gasteiger partial charge in [-0.3, -0.25) is 4.79 Å². The van der Waals surface area contributed by atoms with Gasteiger partial charge < -0.3 is 9.47 Å². The normalized spacial score (nSPS) is 10.8. The van der Waals surface area contributed by atoms with Crippen LogP contribution in [0.5, 0.6) is 11.5 Å². The van der Waals surface area contributed by atoms with Crippen molar-refractivity contribution in [1.82, 2.24) is 5.43 Å². The van der Waals surface area contributed by atoms with E-state index in [9.17, 15) is 4.79 Å². The number of hydrogen-bond donors (Lipinski definition) is 1. The number of methoxy groups -OCH3 is 2. The van der Waals surface area contributed by atoms with Crippen LogP contribution in [-0.4, -0.2) is 26.3 Å². The van der Waals surface area contributed by atoms with Gasteiger partial charge in [0.25, 0.3) is 0 Å². The van der Waals surface area contributed by atoms with E-state index in [4.69, 9.17) is 9.47 Å². The summed E-state index contributed by atoms with van der Waals surface area (Å²) in [7, 11) is 3.14. The molecule has 0 bridgehead atoms. The fourth-order valence-corrected chi connectivity index (χ4v) is 2.75. The molecule has 0 aliphatic carbocycles. The zero-order valence-corrected chi connectivity index (χ0v) is 14.7. The van der Waals surface area contributed by atoms with E-state index < -0.39 is 0 Å². The predicted octanol–water partition coefficient (Wildman–Crippen LogP) is 3.55. The van der Waals surface area contributed by atoms with Crippen LogP contribution < -0.4 is 14.9 Å². The lowest BCUT2D eigenvalue weighted by atomic mass is 10.1. The number of hydrogen-bond acceptors (Lipinski definition) is 4. The molecule has 0 aromatic heterocycles. The summed E-state index contributed by atoms with van der Waals surface area (Å²) >= 11 is 0. The number of rotatable bonds is 6. The number of fused-ring (bicyclic) bond motifs is 1. The molecule has 5 heteroatoms. The van der Waals surface area contributed by atoms with Crippen LogP contribution in [0.1, 0.15) is 11.1 Å². The summed E-state index contributed by atoms with van der Waals surface area (Å²) in [5.41, 5.74) is 4.34. The van der Waals surface area contributed by atoms with Crippen LogP contribution in [0.25, 0.3) is 10.8 Å². The lowest BCUT2D eigenvalue weighted by molar-refractivity contribution is -0.120. The van der Waals surface area contributed by atoms with Crippen molar-refractivity contribution in [2.75, 3.05) is 14.2 Å². The van der Waals surface area contributed by atoms with E-state index in [0.717, 1.165) is 21.9 Å². The molecular weight excluding hydrogens is 328 g/mol. The van der Waals surface area contributed by atoms with Gasteiger partial charge in [-0.1, -0.05) is 48.5 Å². The molecule has 3 rings (SSSR count). The SMILES string of the molecule is COc1ccc(CC(=O)N/N=C/c2cccc3ccccc23)cc1OC. The smallest absolute Gasteiger partial charge is 0.244 e. The molecule has 3 aromatic rings. The molecule has 0 saturated heterocycles. The van der Waals surface area contributed by atoms with Crippen LogP contribution in [-0.2, 0) is 11.2 Å². The van der Waals surface area contributed by atoms with Crippen LogP contribution in [0.15, 0.2) is 65.8 Å². The topological polar surface area (TPSA) is 59.9 Å². The first-order valence-corrected chi connectivity index (χ1v) is 8.22. The second-order valence-corrected chi connectivity index (χ2v) is 5.73. The minimum atomic E-state index is -0.200. The molecule has 0 spiro atoms. The molecule has 0 aliphatic heterocycles. The highest BCUT2D eigenvalue weighted by atomic mass is 16.5. The lowest BCUT2D eigenvalue weighted by Gasteiger charge is -2.09. The summed E-state index contributed by atoms with van der Waals surface area (Å²) in [6.45, 7) is 0. The van der Waals surface area contributed by atoms with E-state index in [1.165, 1.54) is 0 Å². The van der Waals surface area contributed by atoms with Crippen LogP contribution in [0, 0.1) is 0 Å². The van der Waals surface area contributed by atoms with E-state index in [0.29, 0.717) is 11.5 Å². The van der Waals surface area contributed by atoms with Crippen molar-refractivity contribution >= 4 is 22.9 Å². The fourth-order valence-electron chi connectivity index (χ4n) is 2.75. The van der Waals surface area contributed by atoms with Crippen molar-refractivity contribution in [3.8, 4) is 11.5 Å². The quantitative estimate of drug-likeness (QED) is 0.547. The molecule has 0 heterocycles. The van der Waals surface area contributed by atoms with E-state index >= 15 is 0 Å². The van der Waals surface area contributed by atoms with Gasteiger partial charge in [0.05, 0.1) is 26.9 Å². The fraction of sp³-hybridized carbons (Fsp3) is 0.143. The maximum absolute atomic E-state index is 12.1. The second kappa shape index (κ2) is 8.16. The van der Waals surface area contributed by atoms with Crippen molar-refractivity contribution in [1.29, 1.82) is 0 Å². The number of hydrazone groups is 1. The Kier molecular flexibility index (Phi) is 5.49. The zero-order valence-electron chi connectivity index (χ0n) is 14.7. The largest absolute Gasteiger partial charge is 0.493 e. The van der Waals surface area contributed by atoms with E-state index in [2.05, 4.69) is 10.5 Å². The number of nitrogens with one attached hydrogen (secondary N) is 1. The minimum Gasteiger partial charge on any atom is -0.493 e. The minimum absolute atomic E-state index is 0.200. The predicted molar refractivity (Wildman–Crippen MR) is 103 cm³/mol. The molecule has 0 fully saturated rings. The van der Waals surface area contributed by atoms with Gasteiger partial charge in [0.1, 0.15) is 0 Å². The third-order valence-corrected chi connectivity index (χ3v) is 4.03. The van der Waals surface area contributed by atoms with Gasteiger partial charge in [-0.2, -0.15) is 5.10 Å². The Morgan fingerprint density at radius 3 is 2.58 bits per heavy atom. The number of carbonyl (C=O) groups is 1. The van der Waals surface area contributed by atoms with Crippen LogP contribution in [0.4, 0.5) is 0 Å². The Labute approximate surface area is 152 Å². The molecule has 0 radical (unpaired) electrons. The molecule has 5 nitrogen and oxygen atoms in total. The molecule has 26 heavy (non-hydrogen) atoms. The monoisotopic (exact) mass is 348 g/mol. The second-order valence-electron chi connectivity index (χ2n) is 5.73. The molecule has 1 N–H and O–H groups in total. The Hall–Kier alpha value is -3.34. The van der Waals surface area contributed by atoms with Gasteiger partial charge >= 0.3 is 0 Å². The highest BCUT2D eigenvalue weighted by molar-refractivity contribution is 5.99. The van der Waals surface area contributed by atoms with Crippen LogP contribution in [0.3, 0.4) is 0 Å². The lowest BCUT2D eigenvalue weighted by Crippen LogP contribution is -2.19. The Bertz CT molecular complexity index is 946. The highest BCUT2D eigenvalue weighted by Crippen LogP contribution is 2.27. The summed E-state index contributed by atoms with van der Waals surface area (Å²) in [5, 5.41) is 6.31. The van der Waals surface area contributed by atoms with Crippen molar-refractivity contribution in [3.05, 3.63) is 71.8 Å². The first kappa shape index (κ1) is 17.5. The molecule has 0 aliphatic rings. The number of nitrogens with zero attached hydrogens (tertiary/aromatic N) is 1. The van der Waals surface area contributed by atoms with Gasteiger partial charge in [0, 0.05) is 5.56 Å². The van der Waals surface area contributed by atoms with Crippen molar-refractivity contribution in [3.63, 3.8) is 0 Å². The summed E-state index contributed by atoms with van der Waals surface area (Å²) in [6, 6.07) is 19.4. The number of carbonyl (C=O) groups excluding carboxylic acids is 1. The van der Waals surface area contributed by atoms with Crippen molar-refractivity contribution < 1.29 is 14.3 Å². The Morgan fingerprint density at radius 2 is 1.77 bits per heavy atom. The molecule has 0 unspecified atom stereocenters. The Morgan fingerprint density at radius 1 is 1.00 bits per heavy atom. The van der Waals surface area contributed by atoms with E-state index in [-0.39, 0.29) is 12.3 Å². The third kappa shape index (κ3) is 4.00. The van der Waals surface area contributed by atoms with Gasteiger partial charge in [0.15, 0.2) is 11.5 Å². The van der Waals surface area contributed by atoms with Crippen LogP contribution >= 0.6 is 0 Å². The average Bonchev–Trinajstić information content (AvgIpc) is 2.68. The number of benzene rings is 3. The van der Waals surface area contributed by atoms with Gasteiger partial charge in [-0.05, 0) is 28.5 Å². The zero-order chi connectivity index (χ0) is 18.4. The highest BCUT2D eigenvalue weighted by Gasteiger charge is 2.08. The van der Waals surface area contributed by atoms with E-state index in [1.54, 1.807) is 32.6 Å². The third-order valence-electron chi connectivity index (χ3n) is 4.03. The van der Waals surface area contributed by atoms with Gasteiger partial charge in [-0.15, -0.1) is 0 Å². The van der Waals surface area contributed by atoms with Crippen molar-refractivity contribution in [2.45, 2.75) is 6.42 Å². The van der Waals surface area contributed by atoms with Gasteiger partial charge in [0.2, 0.25) is 5.91 Å². The van der Waals surface area contributed by atoms with E-state index in [1.807, 2.05) is 48.5 Å². The summed E-state index contributed by atoms with van der Waals surface area (Å²) in [4.78, 5) is 12.1. The summed E-state index contributed by atoms with van der Waals surface area (Å²) < 4.78 is 10.4. The summed E-state index contributed by atoms with van der Waals surface area (Å²) in [5.74, 6) is 1.02. The van der Waals surface area contributed by atoms with Crippen molar-refractivity contribution in [2.24, 2.45) is 5.10 Å². The Balaban J connectivity index is 1.66. The molecule has 0 saturated carbocycles. The van der Waals surface area contributed by atoms with Gasteiger partial charge in [-0.25, -0.2) is 5.43 Å². The maximum atomic E-state index is 12.1. The molecule has 0 atom stereocenters. The summed E-state index contributed by atoms with van der Waals surface area (Å²) in [6.07, 6.45) is 1.86. The molecule has 1 amide bonds. The first-order valence-electron chi connectivity index (χ1n) is 8.22. The molecule has 3 aromatic carbocycles. The first-order chi connectivity index (χ1) is 12.7.